The second-order valence-corrected chi connectivity index (χ2v) is 4.54. The number of likely N-dealkylation sites (tertiary alicyclic amines) is 1. The third kappa shape index (κ3) is 3.03. The molecule has 1 saturated heterocycles. The van der Waals surface area contributed by atoms with E-state index in [1.807, 2.05) is 6.07 Å². The van der Waals surface area contributed by atoms with E-state index >= 15 is 0 Å². The molecule has 0 bridgehead atoms. The molecular formula is C13H17FN2O. The summed E-state index contributed by atoms with van der Waals surface area (Å²) < 4.78 is 13.4. The highest BCUT2D eigenvalue weighted by atomic mass is 19.1. The number of hydrogen-bond acceptors (Lipinski definition) is 2. The number of carbonyl (C=O) groups is 1. The zero-order valence-corrected chi connectivity index (χ0v) is 9.73. The van der Waals surface area contributed by atoms with Gasteiger partial charge in [-0.25, -0.2) is 4.39 Å². The van der Waals surface area contributed by atoms with Crippen molar-refractivity contribution in [2.45, 2.75) is 19.4 Å². The van der Waals surface area contributed by atoms with E-state index in [0.29, 0.717) is 12.1 Å². The van der Waals surface area contributed by atoms with Crippen molar-refractivity contribution < 1.29 is 9.18 Å². The number of nitrogens with zero attached hydrogens (tertiary/aromatic N) is 1. The van der Waals surface area contributed by atoms with Crippen LogP contribution in [0.1, 0.15) is 18.4 Å². The molecule has 1 aromatic carbocycles. The van der Waals surface area contributed by atoms with Crippen LogP contribution < -0.4 is 5.73 Å². The van der Waals surface area contributed by atoms with E-state index < -0.39 is 0 Å². The number of carbonyl (C=O) groups excluding carboxylic acids is 1. The molecule has 0 atom stereocenters. The van der Waals surface area contributed by atoms with Crippen LogP contribution in [0.4, 0.5) is 4.39 Å². The summed E-state index contributed by atoms with van der Waals surface area (Å²) in [7, 11) is 0. The van der Waals surface area contributed by atoms with Gasteiger partial charge in [0.25, 0.3) is 0 Å². The molecule has 0 aliphatic carbocycles. The number of hydrogen-bond donors (Lipinski definition) is 1. The Morgan fingerprint density at radius 1 is 1.35 bits per heavy atom. The number of rotatable bonds is 3. The lowest BCUT2D eigenvalue weighted by Crippen LogP contribution is -2.38. The minimum atomic E-state index is -0.212. The van der Waals surface area contributed by atoms with Crippen LogP contribution >= 0.6 is 0 Å². The monoisotopic (exact) mass is 236 g/mol. The smallest absolute Gasteiger partial charge is 0.220 e. The lowest BCUT2D eigenvalue weighted by atomic mass is 9.96. The second-order valence-electron chi connectivity index (χ2n) is 4.54. The molecule has 3 nitrogen and oxygen atoms in total. The van der Waals surface area contributed by atoms with Gasteiger partial charge in [-0.15, -0.1) is 0 Å². The molecule has 1 amide bonds. The molecule has 1 aliphatic heterocycles. The van der Waals surface area contributed by atoms with Gasteiger partial charge in [-0.2, -0.15) is 0 Å². The third-order valence-electron chi connectivity index (χ3n) is 3.34. The first-order valence-corrected chi connectivity index (χ1v) is 5.92. The highest BCUT2D eigenvalue weighted by Gasteiger charge is 2.23. The molecule has 0 spiro atoms. The molecule has 17 heavy (non-hydrogen) atoms. The van der Waals surface area contributed by atoms with Gasteiger partial charge >= 0.3 is 0 Å². The van der Waals surface area contributed by atoms with Gasteiger partial charge in [-0.05, 0) is 32.0 Å². The Hall–Kier alpha value is -1.42. The number of amides is 1. The van der Waals surface area contributed by atoms with Crippen molar-refractivity contribution in [3.63, 3.8) is 0 Å². The number of halogens is 1. The molecule has 1 aliphatic rings. The molecule has 0 radical (unpaired) electrons. The summed E-state index contributed by atoms with van der Waals surface area (Å²) in [4.78, 5) is 13.2. The van der Waals surface area contributed by atoms with Gasteiger partial charge in [0.1, 0.15) is 5.82 Å². The highest BCUT2D eigenvalue weighted by molar-refractivity contribution is 5.76. The first-order valence-electron chi connectivity index (χ1n) is 5.92. The summed E-state index contributed by atoms with van der Waals surface area (Å²) >= 11 is 0. The predicted molar refractivity (Wildman–Crippen MR) is 63.6 cm³/mol. The molecule has 92 valence electrons. The molecule has 0 saturated carbocycles. The lowest BCUT2D eigenvalue weighted by molar-refractivity contribution is -0.123. The average Bonchev–Trinajstić information content (AvgIpc) is 2.33. The summed E-state index contributed by atoms with van der Waals surface area (Å²) in [5.74, 6) is -0.382. The SMILES string of the molecule is NC(=O)C1CCN(Cc2ccccc2F)CC1. The van der Waals surface area contributed by atoms with Gasteiger partial charge in [0.05, 0.1) is 0 Å². The fourth-order valence-electron chi connectivity index (χ4n) is 2.24. The first-order chi connectivity index (χ1) is 8.16. The normalized spacial score (nSPS) is 18.2. The van der Waals surface area contributed by atoms with Crippen molar-refractivity contribution in [3.8, 4) is 0 Å². The van der Waals surface area contributed by atoms with Crippen molar-refractivity contribution in [2.24, 2.45) is 11.7 Å². The van der Waals surface area contributed by atoms with Crippen LogP contribution in [0.3, 0.4) is 0 Å². The molecule has 2 rings (SSSR count). The number of nitrogens with two attached hydrogens (primary N) is 1. The number of benzene rings is 1. The van der Waals surface area contributed by atoms with E-state index in [0.717, 1.165) is 25.9 Å². The number of piperidine rings is 1. The van der Waals surface area contributed by atoms with E-state index in [9.17, 15) is 9.18 Å². The van der Waals surface area contributed by atoms with E-state index in [4.69, 9.17) is 5.73 Å². The fourth-order valence-corrected chi connectivity index (χ4v) is 2.24. The Morgan fingerprint density at radius 3 is 2.59 bits per heavy atom. The second kappa shape index (κ2) is 5.27. The van der Waals surface area contributed by atoms with Gasteiger partial charge in [0.15, 0.2) is 0 Å². The van der Waals surface area contributed by atoms with Crippen LogP contribution in [0.15, 0.2) is 24.3 Å². The Bertz CT molecular complexity index is 400. The maximum atomic E-state index is 13.4. The van der Waals surface area contributed by atoms with Gasteiger partial charge < -0.3 is 5.73 Å². The van der Waals surface area contributed by atoms with Crippen LogP contribution in [0.25, 0.3) is 0 Å². The first kappa shape index (κ1) is 12.0. The average molecular weight is 236 g/mol. The Balaban J connectivity index is 1.90. The molecule has 0 unspecified atom stereocenters. The summed E-state index contributed by atoms with van der Waals surface area (Å²) in [6, 6.07) is 6.81. The van der Waals surface area contributed by atoms with Gasteiger partial charge in [-0.1, -0.05) is 18.2 Å². The van der Waals surface area contributed by atoms with Crippen LogP contribution in [-0.4, -0.2) is 23.9 Å². The van der Waals surface area contributed by atoms with Crippen molar-refractivity contribution in [3.05, 3.63) is 35.6 Å². The van der Waals surface area contributed by atoms with Gasteiger partial charge in [0.2, 0.25) is 5.91 Å². The number of primary amides is 1. The minimum Gasteiger partial charge on any atom is -0.369 e. The predicted octanol–water partition coefficient (Wildman–Crippen LogP) is 1.52. The molecule has 1 heterocycles. The van der Waals surface area contributed by atoms with Crippen molar-refractivity contribution in [2.75, 3.05) is 13.1 Å². The van der Waals surface area contributed by atoms with Crippen molar-refractivity contribution >= 4 is 5.91 Å². The van der Waals surface area contributed by atoms with Crippen LogP contribution in [0, 0.1) is 11.7 Å². The third-order valence-corrected chi connectivity index (χ3v) is 3.34. The fraction of sp³-hybridized carbons (Fsp3) is 0.462. The molecular weight excluding hydrogens is 219 g/mol. The molecule has 2 N–H and O–H groups in total. The maximum Gasteiger partial charge on any atom is 0.220 e. The van der Waals surface area contributed by atoms with Crippen LogP contribution in [0.2, 0.25) is 0 Å². The standard InChI is InChI=1S/C13H17FN2O/c14-12-4-2-1-3-11(12)9-16-7-5-10(6-8-16)13(15)17/h1-4,10H,5-9H2,(H2,15,17). The highest BCUT2D eigenvalue weighted by Crippen LogP contribution is 2.19. The maximum absolute atomic E-state index is 13.4. The lowest BCUT2D eigenvalue weighted by Gasteiger charge is -2.30. The largest absolute Gasteiger partial charge is 0.369 e. The summed E-state index contributed by atoms with van der Waals surface area (Å²) in [6.45, 7) is 2.22. The molecule has 1 aromatic rings. The van der Waals surface area contributed by atoms with Gasteiger partial charge in [-0.3, -0.25) is 9.69 Å². The summed E-state index contributed by atoms with van der Waals surface area (Å²) in [6.07, 6.45) is 1.56. The summed E-state index contributed by atoms with van der Waals surface area (Å²) in [5, 5.41) is 0. The van der Waals surface area contributed by atoms with E-state index in [-0.39, 0.29) is 17.6 Å². The summed E-state index contributed by atoms with van der Waals surface area (Å²) in [5.41, 5.74) is 5.98. The van der Waals surface area contributed by atoms with Crippen LogP contribution in [-0.2, 0) is 11.3 Å². The molecule has 4 heteroatoms. The van der Waals surface area contributed by atoms with Crippen molar-refractivity contribution in [1.82, 2.24) is 4.90 Å². The van der Waals surface area contributed by atoms with E-state index in [1.165, 1.54) is 6.07 Å². The van der Waals surface area contributed by atoms with E-state index in [2.05, 4.69) is 4.90 Å². The zero-order chi connectivity index (χ0) is 12.3. The molecule has 0 aromatic heterocycles. The Labute approximate surface area is 100 Å². The minimum absolute atomic E-state index is 0.00753. The Morgan fingerprint density at radius 2 is 2.00 bits per heavy atom. The zero-order valence-electron chi connectivity index (χ0n) is 9.73. The topological polar surface area (TPSA) is 46.3 Å². The van der Waals surface area contributed by atoms with Crippen molar-refractivity contribution in [1.29, 1.82) is 0 Å². The van der Waals surface area contributed by atoms with Crippen LogP contribution in [0.5, 0.6) is 0 Å². The quantitative estimate of drug-likeness (QED) is 0.865. The Kier molecular flexibility index (Phi) is 3.74. The van der Waals surface area contributed by atoms with E-state index in [1.54, 1.807) is 12.1 Å². The van der Waals surface area contributed by atoms with Gasteiger partial charge in [0, 0.05) is 18.0 Å². The molecule has 1 fully saturated rings.